The minimum atomic E-state index is -1.51. The Morgan fingerprint density at radius 2 is 0.730 bits per heavy atom. The number of allylic oxidation sites excluding steroid dienone is 6. The Bertz CT molecular complexity index is 1310. The van der Waals surface area contributed by atoms with E-state index in [1.165, 1.54) is 218 Å². The van der Waals surface area contributed by atoms with Gasteiger partial charge < -0.3 is 28.5 Å². The van der Waals surface area contributed by atoms with Gasteiger partial charge in [-0.2, -0.15) is 0 Å². The van der Waals surface area contributed by atoms with Gasteiger partial charge in [0.05, 0.1) is 34.4 Å². The van der Waals surface area contributed by atoms with Gasteiger partial charge in [0.2, 0.25) is 0 Å². The van der Waals surface area contributed by atoms with Crippen molar-refractivity contribution in [3.05, 3.63) is 36.5 Å². The number of unbranched alkanes of at least 4 members (excludes halogenated alkanes) is 38. The van der Waals surface area contributed by atoms with Gasteiger partial charge in [0.15, 0.2) is 6.10 Å². The first-order valence-electron chi connectivity index (χ1n) is 31.7. The molecule has 0 aliphatic rings. The highest BCUT2D eigenvalue weighted by Crippen LogP contribution is 2.17. The number of carbonyl (C=O) groups excluding carboxylic acids is 2. The molecule has 0 fully saturated rings. The fourth-order valence-electron chi connectivity index (χ4n) is 9.22. The second-order valence-electron chi connectivity index (χ2n) is 22.7. The summed E-state index contributed by atoms with van der Waals surface area (Å²) < 4.78 is 22.9. The van der Waals surface area contributed by atoms with Crippen LogP contribution < -0.4 is 0 Å². The molecule has 0 radical (unpaired) electrons. The zero-order chi connectivity index (χ0) is 54.1. The molecule has 0 aliphatic carbocycles. The molecular weight excluding hydrogens is 923 g/mol. The van der Waals surface area contributed by atoms with E-state index in [2.05, 4.69) is 50.3 Å². The van der Waals surface area contributed by atoms with Crippen LogP contribution in [0, 0.1) is 0 Å². The number of ether oxygens (including phenoxy) is 4. The third-order valence-electron chi connectivity index (χ3n) is 14.1. The second-order valence-corrected chi connectivity index (χ2v) is 22.7. The van der Waals surface area contributed by atoms with Crippen LogP contribution in [0.2, 0.25) is 0 Å². The number of quaternary nitrogens is 1. The quantitative estimate of drug-likeness (QED) is 0.0211. The van der Waals surface area contributed by atoms with Gasteiger partial charge in [0.25, 0.3) is 6.29 Å². The van der Waals surface area contributed by atoms with Gasteiger partial charge in [-0.3, -0.25) is 9.59 Å². The maximum atomic E-state index is 12.9. The van der Waals surface area contributed by atoms with Crippen molar-refractivity contribution in [1.82, 2.24) is 0 Å². The first-order chi connectivity index (χ1) is 36.1. The summed E-state index contributed by atoms with van der Waals surface area (Å²) in [5.74, 6) is -2.00. The molecule has 1 N–H and O–H groups in total. The number of likely N-dealkylation sites (N-methyl/N-ethyl adjacent to an activating group) is 1. The lowest BCUT2D eigenvalue weighted by atomic mass is 10.0. The van der Waals surface area contributed by atoms with Crippen molar-refractivity contribution in [3.8, 4) is 0 Å². The summed E-state index contributed by atoms with van der Waals surface area (Å²) in [5, 5.41) is 9.70. The number of hydrogen-bond donors (Lipinski definition) is 1. The summed E-state index contributed by atoms with van der Waals surface area (Å²) in [7, 11) is 5.97. The van der Waals surface area contributed by atoms with Crippen LogP contribution in [0.15, 0.2) is 36.5 Å². The molecule has 0 aromatic heterocycles. The van der Waals surface area contributed by atoms with Crippen LogP contribution in [0.4, 0.5) is 0 Å². The SMILES string of the molecule is CCCCCCC/C=C\C/C=C\CCCCCCCCCCCCCCCCCCCCCCCCCC(=O)OC(COC(=O)CCCCCCC/C=C\CCCCCCC)COC(OCC[N+](C)(C)C)C(=O)O. The van der Waals surface area contributed by atoms with E-state index in [1.54, 1.807) is 0 Å². The molecule has 9 nitrogen and oxygen atoms in total. The molecule has 2 atom stereocenters. The molecule has 0 amide bonds. The van der Waals surface area contributed by atoms with Crippen LogP contribution >= 0.6 is 0 Å². The lowest BCUT2D eigenvalue weighted by molar-refractivity contribution is -0.870. The van der Waals surface area contributed by atoms with Crippen molar-refractivity contribution in [2.45, 2.75) is 315 Å². The van der Waals surface area contributed by atoms with Crippen molar-refractivity contribution < 1.29 is 42.9 Å². The summed E-state index contributed by atoms with van der Waals surface area (Å²) in [4.78, 5) is 37.4. The first kappa shape index (κ1) is 71.5. The monoisotopic (exact) mass is 1040 g/mol. The molecule has 2 unspecified atom stereocenters. The van der Waals surface area contributed by atoms with Crippen molar-refractivity contribution in [2.75, 3.05) is 47.5 Å². The fourth-order valence-corrected chi connectivity index (χ4v) is 9.22. The summed E-state index contributed by atoms with van der Waals surface area (Å²) >= 11 is 0. The highest BCUT2D eigenvalue weighted by molar-refractivity contribution is 5.71. The number of carbonyl (C=O) groups is 3. The topological polar surface area (TPSA) is 108 Å². The molecule has 0 saturated heterocycles. The molecule has 0 heterocycles. The largest absolute Gasteiger partial charge is 0.477 e. The summed E-state index contributed by atoms with van der Waals surface area (Å²) in [5.41, 5.74) is 0. The fraction of sp³-hybridized carbons (Fsp3) is 0.862. The normalized spacial score (nSPS) is 12.9. The highest BCUT2D eigenvalue weighted by Gasteiger charge is 2.25. The minimum absolute atomic E-state index is 0.182. The van der Waals surface area contributed by atoms with Crippen LogP contribution in [0.25, 0.3) is 0 Å². The summed E-state index contributed by atoms with van der Waals surface area (Å²) in [6, 6.07) is 0. The molecule has 0 aromatic rings. The number of carboxylic acids is 1. The van der Waals surface area contributed by atoms with Crippen molar-refractivity contribution in [2.24, 2.45) is 0 Å². The molecule has 0 spiro atoms. The third-order valence-corrected chi connectivity index (χ3v) is 14.1. The van der Waals surface area contributed by atoms with Gasteiger partial charge in [-0.05, 0) is 70.6 Å². The minimum Gasteiger partial charge on any atom is -0.477 e. The smallest absolute Gasteiger partial charge is 0.361 e. The van der Waals surface area contributed by atoms with E-state index in [9.17, 15) is 19.5 Å². The average molecular weight is 1050 g/mol. The van der Waals surface area contributed by atoms with Gasteiger partial charge >= 0.3 is 17.9 Å². The highest BCUT2D eigenvalue weighted by atomic mass is 16.7. The zero-order valence-electron chi connectivity index (χ0n) is 49.5. The second kappa shape index (κ2) is 56.7. The van der Waals surface area contributed by atoms with Gasteiger partial charge in [0, 0.05) is 12.8 Å². The van der Waals surface area contributed by atoms with Crippen molar-refractivity contribution in [3.63, 3.8) is 0 Å². The molecule has 0 saturated carbocycles. The summed E-state index contributed by atoms with van der Waals surface area (Å²) in [6.07, 6.45) is 66.8. The maximum Gasteiger partial charge on any atom is 0.361 e. The van der Waals surface area contributed by atoms with Crippen molar-refractivity contribution in [1.29, 1.82) is 0 Å². The predicted molar refractivity (Wildman–Crippen MR) is 314 cm³/mol. The van der Waals surface area contributed by atoms with E-state index in [1.807, 2.05) is 21.1 Å². The molecule has 434 valence electrons. The maximum absolute atomic E-state index is 12.9. The Kier molecular flexibility index (Phi) is 54.8. The van der Waals surface area contributed by atoms with Gasteiger partial charge in [0.1, 0.15) is 13.2 Å². The Balaban J connectivity index is 4.00. The lowest BCUT2D eigenvalue weighted by Gasteiger charge is -2.25. The third kappa shape index (κ3) is 57.2. The van der Waals surface area contributed by atoms with Gasteiger partial charge in [-0.25, -0.2) is 4.79 Å². The van der Waals surface area contributed by atoms with Gasteiger partial charge in [-0.1, -0.05) is 256 Å². The number of carboxylic acid groups (broad SMARTS) is 1. The number of rotatable bonds is 59. The van der Waals surface area contributed by atoms with E-state index in [0.29, 0.717) is 17.4 Å². The van der Waals surface area contributed by atoms with E-state index in [4.69, 9.17) is 18.9 Å². The lowest BCUT2D eigenvalue weighted by Crippen LogP contribution is -2.40. The van der Waals surface area contributed by atoms with Crippen LogP contribution in [-0.4, -0.2) is 87.4 Å². The van der Waals surface area contributed by atoms with E-state index in [0.717, 1.165) is 57.8 Å². The molecule has 0 aromatic carbocycles. The van der Waals surface area contributed by atoms with Gasteiger partial charge in [-0.15, -0.1) is 0 Å². The Morgan fingerprint density at radius 3 is 1.08 bits per heavy atom. The molecular formula is C65H122NO8+. The number of nitrogens with zero attached hydrogens (tertiary/aromatic N) is 1. The Morgan fingerprint density at radius 1 is 0.405 bits per heavy atom. The molecule has 0 rings (SSSR count). The summed E-state index contributed by atoms with van der Waals surface area (Å²) in [6.45, 7) is 4.88. The van der Waals surface area contributed by atoms with Crippen LogP contribution in [0.5, 0.6) is 0 Å². The molecule has 9 heteroatoms. The average Bonchev–Trinajstić information content (AvgIpc) is 3.37. The van der Waals surface area contributed by atoms with Crippen molar-refractivity contribution >= 4 is 17.9 Å². The number of hydrogen-bond acceptors (Lipinski definition) is 7. The predicted octanol–water partition coefficient (Wildman–Crippen LogP) is 18.9. The Labute approximate surface area is 458 Å². The van der Waals surface area contributed by atoms with E-state index >= 15 is 0 Å². The number of aliphatic carboxylic acids is 1. The Hall–Kier alpha value is -2.49. The van der Waals surface area contributed by atoms with Crippen LogP contribution in [0.1, 0.15) is 303 Å². The molecule has 74 heavy (non-hydrogen) atoms. The molecule has 0 aliphatic heterocycles. The zero-order valence-corrected chi connectivity index (χ0v) is 49.5. The van der Waals surface area contributed by atoms with E-state index in [-0.39, 0.29) is 32.2 Å². The van der Waals surface area contributed by atoms with E-state index < -0.39 is 24.3 Å². The number of esters is 2. The first-order valence-corrected chi connectivity index (χ1v) is 31.7. The standard InChI is InChI=1S/C65H121NO8/c1-6-8-10-12-14-16-18-20-22-23-24-25-26-27-28-29-30-31-32-33-34-35-36-37-38-39-40-41-42-44-46-48-50-52-54-56-63(68)74-61(60-73-65(64(69)70)71-58-57-66(3,4)5)59-72-62(67)55-53-51-49-47-45-43-21-19-17-15-13-11-9-7-2/h18-21,23-24,61,65H,6-17,22,25-60H2,1-5H3/p+1/b20-18-,21-19-,24-23-. The van der Waals surface area contributed by atoms with Crippen LogP contribution in [-0.2, 0) is 33.3 Å². The van der Waals surface area contributed by atoms with Crippen LogP contribution in [0.3, 0.4) is 0 Å². The molecule has 0 bridgehead atoms.